The number of nitrogens with one attached hydrogen (secondary N) is 1. The van der Waals surface area contributed by atoms with Crippen LogP contribution in [-0.2, 0) is 4.79 Å². The van der Waals surface area contributed by atoms with Crippen molar-refractivity contribution in [3.8, 4) is 5.75 Å². The van der Waals surface area contributed by atoms with Crippen molar-refractivity contribution in [1.29, 1.82) is 0 Å². The third kappa shape index (κ3) is 2.40. The van der Waals surface area contributed by atoms with Crippen molar-refractivity contribution in [3.05, 3.63) is 46.6 Å². The predicted octanol–water partition coefficient (Wildman–Crippen LogP) is 2.76. The zero-order valence-corrected chi connectivity index (χ0v) is 12.2. The van der Waals surface area contributed by atoms with Crippen molar-refractivity contribution in [2.24, 2.45) is 5.92 Å². The Morgan fingerprint density at radius 3 is 3.05 bits per heavy atom. The van der Waals surface area contributed by atoms with Crippen LogP contribution in [0.1, 0.15) is 18.4 Å². The van der Waals surface area contributed by atoms with E-state index in [2.05, 4.69) is 5.43 Å². The van der Waals surface area contributed by atoms with Gasteiger partial charge in [-0.05, 0) is 48.3 Å². The summed E-state index contributed by atoms with van der Waals surface area (Å²) in [5.41, 5.74) is 6.36. The third-order valence-corrected chi connectivity index (χ3v) is 4.26. The molecule has 2 heterocycles. The van der Waals surface area contributed by atoms with Crippen LogP contribution in [-0.4, -0.2) is 24.1 Å². The van der Waals surface area contributed by atoms with Crippen molar-refractivity contribution >= 4 is 23.1 Å². The number of carbonyl (C=O) groups excluding carboxylic acids is 1. The number of fused-ring (bicyclic) bond motifs is 2. The molecule has 0 spiro atoms. The first kappa shape index (κ1) is 12.8. The van der Waals surface area contributed by atoms with E-state index in [9.17, 15) is 4.79 Å². The number of hydrogen-bond donors (Lipinski definition) is 1. The molecule has 2 aliphatic heterocycles. The first-order chi connectivity index (χ1) is 10.2. The van der Waals surface area contributed by atoms with Gasteiger partial charge in [0.15, 0.2) is 0 Å². The Hall–Kier alpha value is -1.94. The number of nitrogens with zero attached hydrogens (tertiary/aromatic N) is 1. The molecule has 0 unspecified atom stereocenters. The van der Waals surface area contributed by atoms with Crippen molar-refractivity contribution in [2.45, 2.75) is 12.8 Å². The van der Waals surface area contributed by atoms with Gasteiger partial charge in [-0.1, -0.05) is 11.6 Å². The van der Waals surface area contributed by atoms with Gasteiger partial charge < -0.3 is 4.74 Å². The summed E-state index contributed by atoms with van der Waals surface area (Å²) in [7, 11) is 0. The monoisotopic (exact) mass is 302 g/mol. The van der Waals surface area contributed by atoms with Crippen LogP contribution < -0.4 is 10.2 Å². The second-order valence-corrected chi connectivity index (χ2v) is 6.06. The lowest BCUT2D eigenvalue weighted by Crippen LogP contribution is -2.42. The molecular formula is C16H15ClN2O2. The molecule has 1 saturated carbocycles. The highest BCUT2D eigenvalue weighted by Gasteiger charge is 2.31. The fourth-order valence-electron chi connectivity index (χ4n) is 2.67. The summed E-state index contributed by atoms with van der Waals surface area (Å²) in [5.74, 6) is 1.13. The lowest BCUT2D eigenvalue weighted by atomic mass is 9.95. The smallest absolute Gasteiger partial charge is 0.241 e. The molecule has 3 aliphatic rings. The molecule has 4 rings (SSSR count). The zero-order chi connectivity index (χ0) is 14.4. The highest BCUT2D eigenvalue weighted by molar-refractivity contribution is 6.30. The van der Waals surface area contributed by atoms with Crippen LogP contribution >= 0.6 is 11.6 Å². The Labute approximate surface area is 128 Å². The minimum atomic E-state index is 0.118. The summed E-state index contributed by atoms with van der Waals surface area (Å²) in [5, 5.41) is 2.52. The molecule has 1 aliphatic carbocycles. The molecule has 1 N–H and O–H groups in total. The summed E-state index contributed by atoms with van der Waals surface area (Å²) in [6, 6.07) is 5.68. The van der Waals surface area contributed by atoms with E-state index in [4.69, 9.17) is 16.3 Å². The molecule has 0 atom stereocenters. The van der Waals surface area contributed by atoms with Gasteiger partial charge in [0, 0.05) is 22.7 Å². The predicted molar refractivity (Wildman–Crippen MR) is 80.6 cm³/mol. The van der Waals surface area contributed by atoms with Crippen molar-refractivity contribution < 1.29 is 9.53 Å². The van der Waals surface area contributed by atoms with Crippen molar-refractivity contribution in [2.75, 3.05) is 13.2 Å². The lowest BCUT2D eigenvalue weighted by Gasteiger charge is -2.31. The zero-order valence-electron chi connectivity index (χ0n) is 11.4. The Kier molecular flexibility index (Phi) is 2.93. The van der Waals surface area contributed by atoms with E-state index in [1.54, 1.807) is 0 Å². The number of benzene rings is 1. The molecule has 4 nitrogen and oxygen atoms in total. The Morgan fingerprint density at radius 2 is 2.24 bits per heavy atom. The largest absolute Gasteiger partial charge is 0.488 e. The number of rotatable bonds is 2. The molecule has 0 bridgehead atoms. The van der Waals surface area contributed by atoms with Crippen LogP contribution in [0.2, 0.25) is 5.02 Å². The van der Waals surface area contributed by atoms with E-state index in [-0.39, 0.29) is 11.8 Å². The molecule has 0 radical (unpaired) electrons. The minimum absolute atomic E-state index is 0.118. The molecule has 1 aromatic rings. The Balaban J connectivity index is 1.58. The number of hydrazine groups is 1. The third-order valence-electron chi connectivity index (χ3n) is 4.03. The molecule has 5 heteroatoms. The molecule has 21 heavy (non-hydrogen) atoms. The minimum Gasteiger partial charge on any atom is -0.488 e. The lowest BCUT2D eigenvalue weighted by molar-refractivity contribution is -0.125. The SMILES string of the molecule is O=C(NN1C=CC2=C(C1)c1ccc(Cl)cc1OC2)C1CC1. The van der Waals surface area contributed by atoms with Gasteiger partial charge in [0.2, 0.25) is 5.91 Å². The van der Waals surface area contributed by atoms with E-state index < -0.39 is 0 Å². The van der Waals surface area contributed by atoms with Gasteiger partial charge in [-0.3, -0.25) is 15.2 Å². The van der Waals surface area contributed by atoms with Gasteiger partial charge in [-0.25, -0.2) is 0 Å². The standard InChI is InChI=1S/C16H15ClN2O2/c17-12-3-4-13-14-8-19(18-16(20)10-1-2-10)6-5-11(14)9-21-15(13)7-12/h3-7,10H,1-2,8-9H2,(H,18,20). The molecule has 0 aromatic heterocycles. The highest BCUT2D eigenvalue weighted by Crippen LogP contribution is 2.37. The van der Waals surface area contributed by atoms with E-state index in [1.165, 1.54) is 5.57 Å². The van der Waals surface area contributed by atoms with Gasteiger partial charge in [0.25, 0.3) is 0 Å². The average Bonchev–Trinajstić information content (AvgIpc) is 3.31. The number of ether oxygens (including phenoxy) is 1. The molecule has 108 valence electrons. The summed E-state index contributed by atoms with van der Waals surface area (Å²) in [6.07, 6.45) is 5.92. The summed E-state index contributed by atoms with van der Waals surface area (Å²) in [6.45, 7) is 1.20. The highest BCUT2D eigenvalue weighted by atomic mass is 35.5. The second-order valence-electron chi connectivity index (χ2n) is 5.63. The van der Waals surface area contributed by atoms with Crippen molar-refractivity contribution in [1.82, 2.24) is 10.4 Å². The number of carbonyl (C=O) groups is 1. The van der Waals surface area contributed by atoms with Crippen LogP contribution in [0.15, 0.2) is 36.0 Å². The van der Waals surface area contributed by atoms with Crippen molar-refractivity contribution in [3.63, 3.8) is 0 Å². The van der Waals surface area contributed by atoms with Gasteiger partial charge >= 0.3 is 0 Å². The van der Waals surface area contributed by atoms with E-state index in [0.29, 0.717) is 18.2 Å². The Bertz CT molecular complexity index is 677. The summed E-state index contributed by atoms with van der Waals surface area (Å²) >= 11 is 6.01. The topological polar surface area (TPSA) is 41.6 Å². The molecule has 1 amide bonds. The maximum Gasteiger partial charge on any atom is 0.241 e. The van der Waals surface area contributed by atoms with Gasteiger partial charge in [0.1, 0.15) is 12.4 Å². The van der Waals surface area contributed by atoms with Crippen LogP contribution in [0, 0.1) is 5.92 Å². The summed E-state index contributed by atoms with van der Waals surface area (Å²) < 4.78 is 5.74. The Morgan fingerprint density at radius 1 is 1.38 bits per heavy atom. The maximum absolute atomic E-state index is 11.9. The fourth-order valence-corrected chi connectivity index (χ4v) is 2.84. The van der Waals surface area contributed by atoms with E-state index in [1.807, 2.05) is 35.5 Å². The fraction of sp³-hybridized carbons (Fsp3) is 0.312. The molecule has 0 saturated heterocycles. The first-order valence-electron chi connectivity index (χ1n) is 7.11. The van der Waals surface area contributed by atoms with E-state index >= 15 is 0 Å². The summed E-state index contributed by atoms with van der Waals surface area (Å²) in [4.78, 5) is 11.9. The molecule has 1 aromatic carbocycles. The van der Waals surface area contributed by atoms with Gasteiger partial charge in [0.05, 0.1) is 6.54 Å². The normalized spacial score (nSPS) is 19.8. The van der Waals surface area contributed by atoms with Gasteiger partial charge in [-0.15, -0.1) is 0 Å². The number of amides is 1. The number of hydrogen-bond acceptors (Lipinski definition) is 3. The van der Waals surface area contributed by atoms with E-state index in [0.717, 1.165) is 29.7 Å². The first-order valence-corrected chi connectivity index (χ1v) is 7.48. The second kappa shape index (κ2) is 4.81. The number of halogens is 1. The quantitative estimate of drug-likeness (QED) is 0.913. The van der Waals surface area contributed by atoms with Crippen LogP contribution in [0.5, 0.6) is 5.75 Å². The van der Waals surface area contributed by atoms with Crippen LogP contribution in [0.3, 0.4) is 0 Å². The molecular weight excluding hydrogens is 288 g/mol. The molecule has 1 fully saturated rings. The van der Waals surface area contributed by atoms with Crippen LogP contribution in [0.25, 0.3) is 5.57 Å². The van der Waals surface area contributed by atoms with Gasteiger partial charge in [-0.2, -0.15) is 0 Å². The van der Waals surface area contributed by atoms with Crippen LogP contribution in [0.4, 0.5) is 0 Å². The average molecular weight is 303 g/mol. The maximum atomic E-state index is 11.9.